The van der Waals surface area contributed by atoms with E-state index in [0.29, 0.717) is 17.3 Å². The van der Waals surface area contributed by atoms with E-state index in [1.807, 2.05) is 6.07 Å². The third kappa shape index (κ3) is 2.51. The number of aryl methyl sites for hydroxylation is 2. The molecule has 2 aliphatic carbocycles. The van der Waals surface area contributed by atoms with Gasteiger partial charge in [-0.2, -0.15) is 4.98 Å². The Balaban J connectivity index is 1.47. The van der Waals surface area contributed by atoms with Crippen LogP contribution >= 0.6 is 0 Å². The first-order chi connectivity index (χ1) is 12.3. The Morgan fingerprint density at radius 3 is 2.60 bits per heavy atom. The summed E-state index contributed by atoms with van der Waals surface area (Å²) in [5, 5.41) is 4.10. The number of nitrogens with zero attached hydrogens (tertiary/aromatic N) is 2. The normalized spacial score (nSPS) is 16.6. The topological polar surface area (TPSA) is 71.8 Å². The van der Waals surface area contributed by atoms with E-state index < -0.39 is 0 Å². The standard InChI is InChI=1S/C20H19N3O2/c24-19-16(11-14-7-3-4-8-17(14)21-19)18-22-20(25-23-18)15-9-12-5-1-2-6-13(12)10-15/h1-2,5-6,11,15H,3-4,7-10H2,(H,21,24). The van der Waals surface area contributed by atoms with E-state index in [4.69, 9.17) is 4.52 Å². The van der Waals surface area contributed by atoms with E-state index in [0.717, 1.165) is 44.2 Å². The Labute approximate surface area is 145 Å². The highest BCUT2D eigenvalue weighted by molar-refractivity contribution is 5.55. The molecule has 126 valence electrons. The van der Waals surface area contributed by atoms with Crippen LogP contribution in [0.5, 0.6) is 0 Å². The number of hydrogen-bond acceptors (Lipinski definition) is 4. The molecular formula is C20H19N3O2. The minimum atomic E-state index is -0.122. The van der Waals surface area contributed by atoms with Crippen LogP contribution in [0.25, 0.3) is 11.4 Å². The van der Waals surface area contributed by atoms with Crippen molar-refractivity contribution in [1.82, 2.24) is 15.1 Å². The molecule has 2 aliphatic rings. The molecule has 0 radical (unpaired) electrons. The third-order valence-electron chi connectivity index (χ3n) is 5.42. The molecule has 5 nitrogen and oxygen atoms in total. The summed E-state index contributed by atoms with van der Waals surface area (Å²) in [6, 6.07) is 10.4. The van der Waals surface area contributed by atoms with Crippen molar-refractivity contribution in [3.63, 3.8) is 0 Å². The Morgan fingerprint density at radius 2 is 1.80 bits per heavy atom. The number of rotatable bonds is 2. The zero-order valence-corrected chi connectivity index (χ0v) is 13.9. The Morgan fingerprint density at radius 1 is 1.04 bits per heavy atom. The van der Waals surface area contributed by atoms with Gasteiger partial charge in [0, 0.05) is 11.6 Å². The zero-order chi connectivity index (χ0) is 16.8. The van der Waals surface area contributed by atoms with E-state index >= 15 is 0 Å². The molecule has 0 saturated heterocycles. The number of H-pyrrole nitrogens is 1. The highest BCUT2D eigenvalue weighted by Crippen LogP contribution is 2.33. The minimum absolute atomic E-state index is 0.122. The fourth-order valence-corrected chi connectivity index (χ4v) is 4.08. The highest BCUT2D eigenvalue weighted by Gasteiger charge is 2.28. The predicted octanol–water partition coefficient (Wildman–Crippen LogP) is 3.19. The van der Waals surface area contributed by atoms with E-state index in [1.54, 1.807) is 0 Å². The third-order valence-corrected chi connectivity index (χ3v) is 5.42. The summed E-state index contributed by atoms with van der Waals surface area (Å²) in [5.41, 5.74) is 5.36. The monoisotopic (exact) mass is 333 g/mol. The molecule has 5 rings (SSSR count). The molecule has 3 aromatic rings. The van der Waals surface area contributed by atoms with Crippen LogP contribution < -0.4 is 5.56 Å². The van der Waals surface area contributed by atoms with Crippen molar-refractivity contribution in [3.8, 4) is 11.4 Å². The lowest BCUT2D eigenvalue weighted by Crippen LogP contribution is -2.17. The molecule has 0 spiro atoms. The molecule has 1 aromatic carbocycles. The van der Waals surface area contributed by atoms with Gasteiger partial charge in [0.05, 0.1) is 5.56 Å². The first kappa shape index (κ1) is 14.6. The SMILES string of the molecule is O=c1[nH]c2c(cc1-c1noc(C3Cc4ccccc4C3)n1)CCCC2. The molecule has 2 aromatic heterocycles. The number of benzene rings is 1. The average molecular weight is 333 g/mol. The van der Waals surface area contributed by atoms with Crippen LogP contribution in [0.3, 0.4) is 0 Å². The maximum absolute atomic E-state index is 12.4. The van der Waals surface area contributed by atoms with Crippen LogP contribution in [0, 0.1) is 0 Å². The van der Waals surface area contributed by atoms with Gasteiger partial charge in [0.25, 0.3) is 5.56 Å². The highest BCUT2D eigenvalue weighted by atomic mass is 16.5. The summed E-state index contributed by atoms with van der Waals surface area (Å²) < 4.78 is 5.52. The summed E-state index contributed by atoms with van der Waals surface area (Å²) in [5.74, 6) is 1.24. The zero-order valence-electron chi connectivity index (χ0n) is 13.9. The van der Waals surface area contributed by atoms with Gasteiger partial charge in [-0.05, 0) is 61.3 Å². The van der Waals surface area contributed by atoms with Crippen LogP contribution in [0.15, 0.2) is 39.6 Å². The smallest absolute Gasteiger partial charge is 0.259 e. The van der Waals surface area contributed by atoms with Gasteiger partial charge in [0.2, 0.25) is 11.7 Å². The van der Waals surface area contributed by atoms with E-state index in [2.05, 4.69) is 39.4 Å². The van der Waals surface area contributed by atoms with Crippen LogP contribution in [0.2, 0.25) is 0 Å². The molecule has 0 atom stereocenters. The number of pyridine rings is 1. The van der Waals surface area contributed by atoms with Crippen LogP contribution in [0.1, 0.15) is 47.0 Å². The lowest BCUT2D eigenvalue weighted by Gasteiger charge is -2.15. The fourth-order valence-electron chi connectivity index (χ4n) is 4.08. The summed E-state index contributed by atoms with van der Waals surface area (Å²) in [6.45, 7) is 0. The molecule has 0 amide bonds. The van der Waals surface area contributed by atoms with Crippen molar-refractivity contribution in [3.05, 3.63) is 69.0 Å². The first-order valence-corrected chi connectivity index (χ1v) is 8.94. The van der Waals surface area contributed by atoms with Gasteiger partial charge in [-0.3, -0.25) is 4.79 Å². The number of aromatic amines is 1. The van der Waals surface area contributed by atoms with Crippen LogP contribution in [0.4, 0.5) is 0 Å². The van der Waals surface area contributed by atoms with Crippen molar-refractivity contribution in [2.24, 2.45) is 0 Å². The summed E-state index contributed by atoms with van der Waals surface area (Å²) in [7, 11) is 0. The van der Waals surface area contributed by atoms with Crippen molar-refractivity contribution >= 4 is 0 Å². The summed E-state index contributed by atoms with van der Waals surface area (Å²) >= 11 is 0. The quantitative estimate of drug-likeness (QED) is 0.782. The Kier molecular flexibility index (Phi) is 3.33. The minimum Gasteiger partial charge on any atom is -0.339 e. The van der Waals surface area contributed by atoms with Gasteiger partial charge >= 0.3 is 0 Å². The van der Waals surface area contributed by atoms with Gasteiger partial charge in [-0.25, -0.2) is 0 Å². The maximum Gasteiger partial charge on any atom is 0.259 e. The van der Waals surface area contributed by atoms with Crippen molar-refractivity contribution in [2.75, 3.05) is 0 Å². The molecule has 0 saturated carbocycles. The second-order valence-corrected chi connectivity index (χ2v) is 7.05. The number of fused-ring (bicyclic) bond motifs is 2. The lowest BCUT2D eigenvalue weighted by atomic mass is 9.95. The van der Waals surface area contributed by atoms with Crippen molar-refractivity contribution in [1.29, 1.82) is 0 Å². The fraction of sp³-hybridized carbons (Fsp3) is 0.350. The molecule has 0 bridgehead atoms. The molecule has 0 aliphatic heterocycles. The first-order valence-electron chi connectivity index (χ1n) is 8.94. The molecule has 5 heteroatoms. The molecule has 0 fully saturated rings. The summed E-state index contributed by atoms with van der Waals surface area (Å²) in [4.78, 5) is 20.0. The van der Waals surface area contributed by atoms with Gasteiger partial charge < -0.3 is 9.51 Å². The Bertz CT molecular complexity index is 977. The second kappa shape index (κ2) is 5.69. The van der Waals surface area contributed by atoms with Gasteiger partial charge in [-0.15, -0.1) is 0 Å². The molecular weight excluding hydrogens is 314 g/mol. The summed E-state index contributed by atoms with van der Waals surface area (Å²) in [6.07, 6.45) is 6.08. The molecule has 1 N–H and O–H groups in total. The second-order valence-electron chi connectivity index (χ2n) is 7.05. The van der Waals surface area contributed by atoms with Gasteiger partial charge in [-0.1, -0.05) is 29.4 Å². The van der Waals surface area contributed by atoms with Crippen molar-refractivity contribution < 1.29 is 4.52 Å². The number of hydrogen-bond donors (Lipinski definition) is 1. The molecule has 0 unspecified atom stereocenters. The predicted molar refractivity (Wildman–Crippen MR) is 93.6 cm³/mol. The maximum atomic E-state index is 12.4. The van der Waals surface area contributed by atoms with Gasteiger partial charge in [0.15, 0.2) is 0 Å². The number of aromatic nitrogens is 3. The van der Waals surface area contributed by atoms with Crippen LogP contribution in [-0.4, -0.2) is 15.1 Å². The van der Waals surface area contributed by atoms with E-state index in [9.17, 15) is 4.79 Å². The van der Waals surface area contributed by atoms with E-state index in [-0.39, 0.29) is 11.5 Å². The number of nitrogens with one attached hydrogen (secondary N) is 1. The van der Waals surface area contributed by atoms with Crippen LogP contribution in [-0.2, 0) is 25.7 Å². The molecule has 2 heterocycles. The van der Waals surface area contributed by atoms with Crippen molar-refractivity contribution in [2.45, 2.75) is 44.4 Å². The molecule has 25 heavy (non-hydrogen) atoms. The van der Waals surface area contributed by atoms with Gasteiger partial charge in [0.1, 0.15) is 0 Å². The Hall–Kier alpha value is -2.69. The van der Waals surface area contributed by atoms with E-state index in [1.165, 1.54) is 16.7 Å². The average Bonchev–Trinajstić information content (AvgIpc) is 3.28. The largest absolute Gasteiger partial charge is 0.339 e. The lowest BCUT2D eigenvalue weighted by molar-refractivity contribution is 0.356.